The van der Waals surface area contributed by atoms with E-state index in [0.717, 1.165) is 18.6 Å². The highest BCUT2D eigenvalue weighted by molar-refractivity contribution is 6.03. The maximum absolute atomic E-state index is 12.8. The summed E-state index contributed by atoms with van der Waals surface area (Å²) < 4.78 is 11.4. The van der Waals surface area contributed by atoms with E-state index in [2.05, 4.69) is 0 Å². The van der Waals surface area contributed by atoms with Gasteiger partial charge in [-0.2, -0.15) is 0 Å². The van der Waals surface area contributed by atoms with Crippen molar-refractivity contribution in [3.8, 4) is 11.5 Å². The Morgan fingerprint density at radius 3 is 2.59 bits per heavy atom. The van der Waals surface area contributed by atoms with Crippen LogP contribution < -0.4 is 14.4 Å². The zero-order valence-corrected chi connectivity index (χ0v) is 15.5. The van der Waals surface area contributed by atoms with E-state index in [-0.39, 0.29) is 11.5 Å². The minimum atomic E-state index is -1.04. The van der Waals surface area contributed by atoms with Crippen molar-refractivity contribution in [3.63, 3.8) is 0 Å². The van der Waals surface area contributed by atoms with E-state index < -0.39 is 11.6 Å². The Kier molecular flexibility index (Phi) is 5.35. The summed E-state index contributed by atoms with van der Waals surface area (Å²) >= 11 is 0. The molecule has 2 aromatic carbocycles. The summed E-state index contributed by atoms with van der Waals surface area (Å²) in [6.45, 7) is 4.47. The standard InChI is InChI=1S/C21H23NO5/c1-21(2)20(25)22(12-6-7-13-26-16-8-4-3-5-9-16)17-11-10-15(19(23)24)14-18(17)27-21/h3-5,8-11,14H,6-7,12-13H2,1-2H3,(H,23,24). The van der Waals surface area contributed by atoms with Crippen LogP contribution >= 0.6 is 0 Å². The van der Waals surface area contributed by atoms with Crippen molar-refractivity contribution in [2.75, 3.05) is 18.1 Å². The van der Waals surface area contributed by atoms with E-state index in [1.54, 1.807) is 24.8 Å². The minimum absolute atomic E-state index is 0.134. The van der Waals surface area contributed by atoms with Crippen molar-refractivity contribution < 1.29 is 24.2 Å². The second kappa shape index (κ2) is 7.70. The highest BCUT2D eigenvalue weighted by Crippen LogP contribution is 2.38. The van der Waals surface area contributed by atoms with Crippen LogP contribution in [0.3, 0.4) is 0 Å². The lowest BCUT2D eigenvalue weighted by molar-refractivity contribution is -0.132. The Bertz CT molecular complexity index is 832. The first kappa shape index (κ1) is 18.8. The minimum Gasteiger partial charge on any atom is -0.494 e. The van der Waals surface area contributed by atoms with Gasteiger partial charge in [0.2, 0.25) is 0 Å². The van der Waals surface area contributed by atoms with Crippen LogP contribution in [-0.2, 0) is 4.79 Å². The van der Waals surface area contributed by atoms with Gasteiger partial charge in [0, 0.05) is 6.54 Å². The molecule has 0 saturated heterocycles. The molecule has 6 nitrogen and oxygen atoms in total. The van der Waals surface area contributed by atoms with Crippen LogP contribution in [0.1, 0.15) is 37.0 Å². The van der Waals surface area contributed by atoms with Gasteiger partial charge in [-0.25, -0.2) is 4.79 Å². The third kappa shape index (κ3) is 4.22. The van der Waals surface area contributed by atoms with Gasteiger partial charge in [0.25, 0.3) is 5.91 Å². The quantitative estimate of drug-likeness (QED) is 0.752. The van der Waals surface area contributed by atoms with Crippen LogP contribution in [0.15, 0.2) is 48.5 Å². The lowest BCUT2D eigenvalue weighted by Gasteiger charge is -2.39. The number of para-hydroxylation sites is 1. The smallest absolute Gasteiger partial charge is 0.335 e. The van der Waals surface area contributed by atoms with Crippen LogP contribution in [0.2, 0.25) is 0 Å². The largest absolute Gasteiger partial charge is 0.494 e. The molecule has 0 aliphatic carbocycles. The van der Waals surface area contributed by atoms with E-state index in [0.29, 0.717) is 24.6 Å². The number of amides is 1. The molecule has 1 aliphatic rings. The number of nitrogens with zero attached hydrogens (tertiary/aromatic N) is 1. The molecule has 3 rings (SSSR count). The van der Waals surface area contributed by atoms with Crippen molar-refractivity contribution in [2.45, 2.75) is 32.3 Å². The van der Waals surface area contributed by atoms with Gasteiger partial charge in [0.1, 0.15) is 11.5 Å². The summed E-state index contributed by atoms with van der Waals surface area (Å²) in [7, 11) is 0. The van der Waals surface area contributed by atoms with E-state index >= 15 is 0 Å². The Hall–Kier alpha value is -3.02. The molecule has 1 heterocycles. The first-order chi connectivity index (χ1) is 12.9. The average Bonchev–Trinajstić information content (AvgIpc) is 2.64. The predicted molar refractivity (Wildman–Crippen MR) is 102 cm³/mol. The lowest BCUT2D eigenvalue weighted by atomic mass is 10.0. The topological polar surface area (TPSA) is 76.1 Å². The fraction of sp³-hybridized carbons (Fsp3) is 0.333. The fourth-order valence-corrected chi connectivity index (χ4v) is 3.01. The number of carboxylic acids is 1. The van der Waals surface area contributed by atoms with Gasteiger partial charge in [-0.1, -0.05) is 18.2 Å². The van der Waals surface area contributed by atoms with Gasteiger partial charge in [-0.3, -0.25) is 4.79 Å². The number of rotatable bonds is 7. The molecule has 1 amide bonds. The summed E-state index contributed by atoms with van der Waals surface area (Å²) in [6.07, 6.45) is 1.55. The molecular weight excluding hydrogens is 346 g/mol. The van der Waals surface area contributed by atoms with Gasteiger partial charge >= 0.3 is 5.97 Å². The molecule has 6 heteroatoms. The van der Waals surface area contributed by atoms with Crippen molar-refractivity contribution in [2.24, 2.45) is 0 Å². The monoisotopic (exact) mass is 369 g/mol. The number of carboxylic acid groups (broad SMARTS) is 1. The zero-order chi connectivity index (χ0) is 19.4. The molecule has 0 spiro atoms. The van der Waals surface area contributed by atoms with Gasteiger partial charge in [-0.15, -0.1) is 0 Å². The molecule has 0 fully saturated rings. The van der Waals surface area contributed by atoms with Gasteiger partial charge in [-0.05, 0) is 57.0 Å². The lowest BCUT2D eigenvalue weighted by Crippen LogP contribution is -2.52. The van der Waals surface area contributed by atoms with Crippen LogP contribution in [0.25, 0.3) is 0 Å². The molecule has 27 heavy (non-hydrogen) atoms. The summed E-state index contributed by atoms with van der Waals surface area (Å²) in [5.41, 5.74) is -0.298. The van der Waals surface area contributed by atoms with Crippen LogP contribution in [-0.4, -0.2) is 35.7 Å². The molecule has 0 radical (unpaired) electrons. The molecule has 1 N–H and O–H groups in total. The molecule has 1 aliphatic heterocycles. The average molecular weight is 369 g/mol. The number of carbonyl (C=O) groups is 2. The van der Waals surface area contributed by atoms with Crippen molar-refractivity contribution >= 4 is 17.6 Å². The van der Waals surface area contributed by atoms with E-state index in [1.807, 2.05) is 30.3 Å². The van der Waals surface area contributed by atoms with Crippen LogP contribution in [0.5, 0.6) is 11.5 Å². The molecule has 2 aromatic rings. The molecule has 0 atom stereocenters. The number of hydrogen-bond acceptors (Lipinski definition) is 4. The molecule has 0 aromatic heterocycles. The SMILES string of the molecule is CC1(C)Oc2cc(C(=O)O)ccc2N(CCCCOc2ccccc2)C1=O. The number of unbranched alkanes of at least 4 members (excludes halogenated alkanes) is 1. The highest BCUT2D eigenvalue weighted by Gasteiger charge is 2.40. The van der Waals surface area contributed by atoms with Crippen molar-refractivity contribution in [1.29, 1.82) is 0 Å². The Balaban J connectivity index is 1.65. The summed E-state index contributed by atoms with van der Waals surface area (Å²) in [5.74, 6) is 0.0791. The van der Waals surface area contributed by atoms with Crippen LogP contribution in [0.4, 0.5) is 5.69 Å². The maximum atomic E-state index is 12.8. The summed E-state index contributed by atoms with van der Waals surface area (Å²) in [6, 6.07) is 14.2. The number of fused-ring (bicyclic) bond motifs is 1. The first-order valence-corrected chi connectivity index (χ1v) is 8.95. The van der Waals surface area contributed by atoms with Gasteiger partial charge < -0.3 is 19.5 Å². The number of carbonyl (C=O) groups excluding carboxylic acids is 1. The summed E-state index contributed by atoms with van der Waals surface area (Å²) in [4.78, 5) is 25.6. The predicted octanol–water partition coefficient (Wildman–Crippen LogP) is 3.75. The molecule has 0 unspecified atom stereocenters. The van der Waals surface area contributed by atoms with E-state index in [4.69, 9.17) is 9.47 Å². The second-order valence-corrected chi connectivity index (χ2v) is 6.93. The Labute approximate surface area is 158 Å². The highest BCUT2D eigenvalue weighted by atomic mass is 16.5. The number of ether oxygens (including phenoxy) is 2. The number of hydrogen-bond donors (Lipinski definition) is 1. The first-order valence-electron chi connectivity index (χ1n) is 8.95. The third-order valence-corrected chi connectivity index (χ3v) is 4.41. The van der Waals surface area contributed by atoms with Crippen LogP contribution in [0, 0.1) is 0 Å². The van der Waals surface area contributed by atoms with Crippen molar-refractivity contribution in [1.82, 2.24) is 0 Å². The normalized spacial score (nSPS) is 15.0. The number of anilines is 1. The Morgan fingerprint density at radius 2 is 1.89 bits per heavy atom. The number of aromatic carboxylic acids is 1. The van der Waals surface area contributed by atoms with E-state index in [1.165, 1.54) is 12.1 Å². The van der Waals surface area contributed by atoms with Crippen molar-refractivity contribution in [3.05, 3.63) is 54.1 Å². The molecule has 142 valence electrons. The van der Waals surface area contributed by atoms with Gasteiger partial charge in [0.15, 0.2) is 5.60 Å². The molecular formula is C21H23NO5. The maximum Gasteiger partial charge on any atom is 0.335 e. The summed E-state index contributed by atoms with van der Waals surface area (Å²) in [5, 5.41) is 9.18. The molecule has 0 bridgehead atoms. The molecule has 0 saturated carbocycles. The zero-order valence-electron chi connectivity index (χ0n) is 15.5. The second-order valence-electron chi connectivity index (χ2n) is 6.93. The fourth-order valence-electron chi connectivity index (χ4n) is 3.01. The third-order valence-electron chi connectivity index (χ3n) is 4.41. The van der Waals surface area contributed by atoms with Gasteiger partial charge in [0.05, 0.1) is 17.9 Å². The van der Waals surface area contributed by atoms with E-state index in [9.17, 15) is 14.7 Å². The Morgan fingerprint density at radius 1 is 1.15 bits per heavy atom. The number of benzene rings is 2.